The molecule has 0 spiro atoms. The Hall–Kier alpha value is -4.08. The minimum Gasteiger partial charge on any atom is -0.436 e. The van der Waals surface area contributed by atoms with Gasteiger partial charge in [-0.2, -0.15) is 4.98 Å². The highest BCUT2D eigenvalue weighted by Crippen LogP contribution is 2.26. The summed E-state index contributed by atoms with van der Waals surface area (Å²) >= 11 is 0. The van der Waals surface area contributed by atoms with Crippen molar-refractivity contribution in [2.75, 3.05) is 0 Å². The number of aromatic nitrogens is 3. The lowest BCUT2D eigenvalue weighted by Crippen LogP contribution is -2.14. The molecule has 0 bridgehead atoms. The van der Waals surface area contributed by atoms with Gasteiger partial charge in [0.05, 0.1) is 23.8 Å². The molecule has 0 aliphatic carbocycles. The summed E-state index contributed by atoms with van der Waals surface area (Å²) in [6.07, 6.45) is 2.65. The van der Waals surface area contributed by atoms with Crippen molar-refractivity contribution in [3.05, 3.63) is 93.7 Å². The average Bonchev–Trinajstić information content (AvgIpc) is 2.80. The molecule has 0 radical (unpaired) electrons. The highest BCUT2D eigenvalue weighted by atomic mass is 19.1. The van der Waals surface area contributed by atoms with Crippen molar-refractivity contribution in [1.82, 2.24) is 14.5 Å². The van der Waals surface area contributed by atoms with E-state index in [9.17, 15) is 27.2 Å². The van der Waals surface area contributed by atoms with E-state index in [1.807, 2.05) is 13.8 Å². The number of rotatable bonds is 5. The molecule has 10 heteroatoms. The van der Waals surface area contributed by atoms with E-state index in [0.717, 1.165) is 18.6 Å². The van der Waals surface area contributed by atoms with Crippen LogP contribution < -0.4 is 10.3 Å². The molecular formula is C23H17F4N3O3. The lowest BCUT2D eigenvalue weighted by molar-refractivity contribution is 0.112. The van der Waals surface area contributed by atoms with Gasteiger partial charge in [-0.3, -0.25) is 9.59 Å². The number of carbonyl (C=O) groups excluding carboxylic acids is 1. The standard InChI is InChI=1S/C21H11F4N3O3.C2H6/c22-12-4-16(23)15(17(24)5-12)8-28-10-27-20(30)14-6-13(1-2-19(14)28)31-21-18(25)3-11(9-29)7-26-21;1-2/h1-7,9-10H,8H2;1-2H3. The van der Waals surface area contributed by atoms with E-state index >= 15 is 0 Å². The molecule has 6 nitrogen and oxygen atoms in total. The van der Waals surface area contributed by atoms with E-state index in [0.29, 0.717) is 18.4 Å². The summed E-state index contributed by atoms with van der Waals surface area (Å²) in [5.41, 5.74) is -0.771. The molecule has 33 heavy (non-hydrogen) atoms. The third-order valence-corrected chi connectivity index (χ3v) is 4.44. The molecule has 0 aliphatic heterocycles. The van der Waals surface area contributed by atoms with Gasteiger partial charge in [0.15, 0.2) is 12.1 Å². The number of benzene rings is 2. The summed E-state index contributed by atoms with van der Waals surface area (Å²) in [5.74, 6) is -4.45. The molecule has 2 aromatic heterocycles. The van der Waals surface area contributed by atoms with Crippen molar-refractivity contribution >= 4 is 17.2 Å². The summed E-state index contributed by atoms with van der Waals surface area (Å²) in [6.45, 7) is 3.64. The Bertz CT molecular complexity index is 1370. The summed E-state index contributed by atoms with van der Waals surface area (Å²) in [4.78, 5) is 30.3. The SMILES string of the molecule is CC.O=Cc1cnc(Oc2ccc3c(c2)c(=O)ncn3Cc2c(F)cc(F)cc2F)c(F)c1. The van der Waals surface area contributed by atoms with Crippen molar-refractivity contribution in [1.29, 1.82) is 0 Å². The zero-order valence-corrected chi connectivity index (χ0v) is 17.5. The number of fused-ring (bicyclic) bond motifs is 1. The van der Waals surface area contributed by atoms with Crippen LogP contribution in [0.4, 0.5) is 17.6 Å². The topological polar surface area (TPSA) is 74.1 Å². The first kappa shape index (κ1) is 23.6. The molecule has 4 aromatic rings. The molecule has 0 saturated heterocycles. The number of halogens is 4. The third-order valence-electron chi connectivity index (χ3n) is 4.44. The normalized spacial score (nSPS) is 10.5. The molecule has 0 N–H and O–H groups in total. The summed E-state index contributed by atoms with van der Waals surface area (Å²) in [7, 11) is 0. The minimum atomic E-state index is -1.08. The molecule has 0 unspecified atom stereocenters. The van der Waals surface area contributed by atoms with Crippen molar-refractivity contribution in [3.63, 3.8) is 0 Å². The number of hydrogen-bond acceptors (Lipinski definition) is 5. The van der Waals surface area contributed by atoms with Crippen LogP contribution >= 0.6 is 0 Å². The monoisotopic (exact) mass is 459 g/mol. The zero-order valence-electron chi connectivity index (χ0n) is 17.5. The van der Waals surface area contributed by atoms with Gasteiger partial charge in [-0.05, 0) is 24.3 Å². The lowest BCUT2D eigenvalue weighted by atomic mass is 10.1. The molecule has 0 saturated carbocycles. The molecule has 4 rings (SSSR count). The van der Waals surface area contributed by atoms with E-state index in [1.165, 1.54) is 22.8 Å². The van der Waals surface area contributed by atoms with Gasteiger partial charge in [0.25, 0.3) is 11.4 Å². The number of carbonyl (C=O) groups is 1. The maximum absolute atomic E-state index is 14.0. The fraction of sp³-hybridized carbons (Fsp3) is 0.130. The number of pyridine rings is 1. The van der Waals surface area contributed by atoms with Crippen molar-refractivity contribution in [2.45, 2.75) is 20.4 Å². The maximum Gasteiger partial charge on any atom is 0.280 e. The van der Waals surface area contributed by atoms with E-state index in [2.05, 4.69) is 9.97 Å². The predicted molar refractivity (Wildman–Crippen MR) is 112 cm³/mol. The molecule has 2 aromatic carbocycles. The molecule has 170 valence electrons. The highest BCUT2D eigenvalue weighted by molar-refractivity contribution is 5.79. The Balaban J connectivity index is 0.00000149. The fourth-order valence-electron chi connectivity index (χ4n) is 2.97. The van der Waals surface area contributed by atoms with Gasteiger partial charge in [-0.15, -0.1) is 0 Å². The molecular weight excluding hydrogens is 442 g/mol. The van der Waals surface area contributed by atoms with Crippen molar-refractivity contribution in [3.8, 4) is 11.6 Å². The first-order chi connectivity index (χ1) is 15.9. The van der Waals surface area contributed by atoms with Gasteiger partial charge in [0.1, 0.15) is 23.2 Å². The van der Waals surface area contributed by atoms with Crippen LogP contribution in [0.3, 0.4) is 0 Å². The van der Waals surface area contributed by atoms with Crippen LogP contribution in [0.2, 0.25) is 0 Å². The van der Waals surface area contributed by atoms with Gasteiger partial charge < -0.3 is 9.30 Å². The van der Waals surface area contributed by atoms with Crippen molar-refractivity contribution in [2.24, 2.45) is 0 Å². The second-order valence-corrected chi connectivity index (χ2v) is 6.48. The van der Waals surface area contributed by atoms with Gasteiger partial charge in [-0.1, -0.05) is 13.8 Å². The molecule has 2 heterocycles. The Morgan fingerprint density at radius 3 is 2.30 bits per heavy atom. The Morgan fingerprint density at radius 2 is 1.67 bits per heavy atom. The fourth-order valence-corrected chi connectivity index (χ4v) is 2.97. The van der Waals surface area contributed by atoms with Gasteiger partial charge in [0, 0.05) is 29.5 Å². The molecule has 0 aliphatic rings. The van der Waals surface area contributed by atoms with Crippen LogP contribution in [0.25, 0.3) is 10.9 Å². The van der Waals surface area contributed by atoms with Crippen LogP contribution in [0.1, 0.15) is 29.8 Å². The van der Waals surface area contributed by atoms with Crippen LogP contribution in [-0.2, 0) is 6.54 Å². The van der Waals surface area contributed by atoms with Crippen LogP contribution in [0, 0.1) is 23.3 Å². The van der Waals surface area contributed by atoms with E-state index in [1.54, 1.807) is 0 Å². The lowest BCUT2D eigenvalue weighted by Gasteiger charge is -2.13. The zero-order chi connectivity index (χ0) is 24.1. The van der Waals surface area contributed by atoms with E-state index in [-0.39, 0.29) is 28.8 Å². The first-order valence-corrected chi connectivity index (χ1v) is 9.77. The van der Waals surface area contributed by atoms with E-state index < -0.39 is 40.3 Å². The van der Waals surface area contributed by atoms with Crippen LogP contribution in [0.5, 0.6) is 11.6 Å². The Labute approximate surface area is 185 Å². The summed E-state index contributed by atoms with van der Waals surface area (Å²) in [6, 6.07) is 6.14. The maximum atomic E-state index is 14.0. The first-order valence-electron chi connectivity index (χ1n) is 9.77. The largest absolute Gasteiger partial charge is 0.436 e. The highest BCUT2D eigenvalue weighted by Gasteiger charge is 2.15. The number of ether oxygens (including phenoxy) is 1. The Morgan fingerprint density at radius 1 is 0.970 bits per heavy atom. The minimum absolute atomic E-state index is 0.0238. The van der Waals surface area contributed by atoms with Gasteiger partial charge in [-0.25, -0.2) is 22.5 Å². The summed E-state index contributed by atoms with van der Waals surface area (Å²) < 4.78 is 61.8. The number of nitrogens with zero attached hydrogens (tertiary/aromatic N) is 3. The van der Waals surface area contributed by atoms with Crippen LogP contribution in [0.15, 0.2) is 53.7 Å². The van der Waals surface area contributed by atoms with Gasteiger partial charge >= 0.3 is 0 Å². The quantitative estimate of drug-likeness (QED) is 0.309. The molecule has 0 atom stereocenters. The van der Waals surface area contributed by atoms with Crippen LogP contribution in [-0.4, -0.2) is 20.8 Å². The van der Waals surface area contributed by atoms with Gasteiger partial charge in [0.2, 0.25) is 0 Å². The third kappa shape index (κ3) is 5.05. The molecule has 0 amide bonds. The van der Waals surface area contributed by atoms with Crippen molar-refractivity contribution < 1.29 is 27.1 Å². The smallest absolute Gasteiger partial charge is 0.280 e. The Kier molecular flexibility index (Phi) is 7.17. The second-order valence-electron chi connectivity index (χ2n) is 6.48. The average molecular weight is 459 g/mol. The number of aldehydes is 1. The molecule has 0 fully saturated rings. The second kappa shape index (κ2) is 10.0. The number of hydrogen-bond donors (Lipinski definition) is 0. The van der Waals surface area contributed by atoms with E-state index in [4.69, 9.17) is 4.74 Å². The predicted octanol–water partition coefficient (Wildman–Crippen LogP) is 5.03. The summed E-state index contributed by atoms with van der Waals surface area (Å²) in [5, 5.41) is 0.0350.